The molecule has 18 heavy (non-hydrogen) atoms. The number of methoxy groups -OCH3 is 1. The van der Waals surface area contributed by atoms with Crippen LogP contribution in [-0.2, 0) is 0 Å². The summed E-state index contributed by atoms with van der Waals surface area (Å²) in [5, 5.41) is 0. The van der Waals surface area contributed by atoms with Gasteiger partial charge in [0.15, 0.2) is 0 Å². The van der Waals surface area contributed by atoms with Crippen molar-refractivity contribution >= 4 is 11.0 Å². The molecule has 1 aromatic carbocycles. The highest BCUT2D eigenvalue weighted by Crippen LogP contribution is 2.24. The molecule has 0 aliphatic carbocycles. The molecule has 2 heterocycles. The molecule has 4 nitrogen and oxygen atoms in total. The van der Waals surface area contributed by atoms with Gasteiger partial charge in [-0.3, -0.25) is 4.57 Å². The first-order valence-electron chi connectivity index (χ1n) is 5.74. The molecule has 0 radical (unpaired) electrons. The average Bonchev–Trinajstić information content (AvgIpc) is 2.74. The maximum absolute atomic E-state index is 5.26. The quantitative estimate of drug-likeness (QED) is 0.690. The Bertz CT molecular complexity index is 689. The molecule has 0 unspecified atom stereocenters. The molecule has 0 saturated heterocycles. The van der Waals surface area contributed by atoms with E-state index in [9.17, 15) is 0 Å². The molecule has 3 rings (SSSR count). The second kappa shape index (κ2) is 4.14. The number of nitrogens with zero attached hydrogens (tertiary/aromatic N) is 3. The van der Waals surface area contributed by atoms with Crippen molar-refractivity contribution in [3.05, 3.63) is 48.4 Å². The molecule has 0 fully saturated rings. The van der Waals surface area contributed by atoms with E-state index in [-0.39, 0.29) is 0 Å². The minimum Gasteiger partial charge on any atom is -0.497 e. The van der Waals surface area contributed by atoms with Crippen molar-refractivity contribution in [2.75, 3.05) is 7.11 Å². The van der Waals surface area contributed by atoms with E-state index in [1.807, 2.05) is 47.9 Å². The van der Waals surface area contributed by atoms with Gasteiger partial charge in [0.2, 0.25) is 0 Å². The topological polar surface area (TPSA) is 39.9 Å². The molecule has 0 N–H and O–H groups in total. The molecule has 0 atom stereocenters. The summed E-state index contributed by atoms with van der Waals surface area (Å²) in [6.07, 6.45) is 1.78. The van der Waals surface area contributed by atoms with Crippen molar-refractivity contribution in [3.8, 4) is 11.6 Å². The van der Waals surface area contributed by atoms with Gasteiger partial charge in [-0.15, -0.1) is 0 Å². The van der Waals surface area contributed by atoms with E-state index in [2.05, 4.69) is 9.97 Å². The van der Waals surface area contributed by atoms with Gasteiger partial charge in [0.05, 0.1) is 18.1 Å². The van der Waals surface area contributed by atoms with Gasteiger partial charge in [0, 0.05) is 12.3 Å². The van der Waals surface area contributed by atoms with E-state index in [0.717, 1.165) is 28.4 Å². The summed E-state index contributed by atoms with van der Waals surface area (Å²) in [4.78, 5) is 8.90. The van der Waals surface area contributed by atoms with Gasteiger partial charge < -0.3 is 4.74 Å². The fourth-order valence-electron chi connectivity index (χ4n) is 2.08. The Hall–Kier alpha value is -2.36. The molecule has 3 aromatic rings. The average molecular weight is 239 g/mol. The number of benzene rings is 1. The minimum absolute atomic E-state index is 0.819. The predicted octanol–water partition coefficient (Wildman–Crippen LogP) is 2.74. The maximum atomic E-state index is 5.26. The normalized spacial score (nSPS) is 10.8. The zero-order chi connectivity index (χ0) is 12.5. The Kier molecular flexibility index (Phi) is 2.48. The van der Waals surface area contributed by atoms with Gasteiger partial charge in [-0.2, -0.15) is 0 Å². The lowest BCUT2D eigenvalue weighted by Crippen LogP contribution is -1.99. The van der Waals surface area contributed by atoms with Gasteiger partial charge in [-0.25, -0.2) is 9.97 Å². The van der Waals surface area contributed by atoms with Crippen LogP contribution in [0, 0.1) is 6.92 Å². The van der Waals surface area contributed by atoms with Crippen molar-refractivity contribution < 1.29 is 4.74 Å². The molecule has 4 heteroatoms. The first-order valence-corrected chi connectivity index (χ1v) is 5.74. The number of hydrogen-bond acceptors (Lipinski definition) is 3. The van der Waals surface area contributed by atoms with Crippen LogP contribution in [0.3, 0.4) is 0 Å². The van der Waals surface area contributed by atoms with Crippen LogP contribution in [0.2, 0.25) is 0 Å². The number of aromatic nitrogens is 3. The summed E-state index contributed by atoms with van der Waals surface area (Å²) in [5.74, 6) is 2.60. The summed E-state index contributed by atoms with van der Waals surface area (Å²) in [7, 11) is 1.66. The van der Waals surface area contributed by atoms with E-state index in [1.54, 1.807) is 13.3 Å². The summed E-state index contributed by atoms with van der Waals surface area (Å²) in [5.41, 5.74) is 1.95. The monoisotopic (exact) mass is 239 g/mol. The van der Waals surface area contributed by atoms with Gasteiger partial charge >= 0.3 is 0 Å². The largest absolute Gasteiger partial charge is 0.497 e. The van der Waals surface area contributed by atoms with Gasteiger partial charge in [-0.05, 0) is 31.2 Å². The second-order valence-electron chi connectivity index (χ2n) is 4.04. The smallest absolute Gasteiger partial charge is 0.138 e. The molecule has 2 aromatic heterocycles. The van der Waals surface area contributed by atoms with E-state index >= 15 is 0 Å². The van der Waals surface area contributed by atoms with Crippen LogP contribution < -0.4 is 4.74 Å². The van der Waals surface area contributed by atoms with E-state index in [1.165, 1.54) is 0 Å². The number of aryl methyl sites for hydroxylation is 1. The number of hydrogen-bond donors (Lipinski definition) is 0. The summed E-state index contributed by atoms with van der Waals surface area (Å²) in [6, 6.07) is 11.7. The van der Waals surface area contributed by atoms with Crippen LogP contribution in [0.25, 0.3) is 16.9 Å². The molecule has 0 saturated carbocycles. The van der Waals surface area contributed by atoms with Gasteiger partial charge in [0.25, 0.3) is 0 Å². The van der Waals surface area contributed by atoms with Crippen LogP contribution in [0.4, 0.5) is 0 Å². The van der Waals surface area contributed by atoms with E-state index in [4.69, 9.17) is 4.74 Å². The predicted molar refractivity (Wildman–Crippen MR) is 70.2 cm³/mol. The third kappa shape index (κ3) is 1.62. The number of fused-ring (bicyclic) bond motifs is 1. The van der Waals surface area contributed by atoms with Gasteiger partial charge in [0.1, 0.15) is 17.4 Å². The second-order valence-corrected chi connectivity index (χ2v) is 4.04. The summed E-state index contributed by atoms with van der Waals surface area (Å²) < 4.78 is 7.29. The maximum Gasteiger partial charge on any atom is 0.138 e. The van der Waals surface area contributed by atoms with E-state index in [0.29, 0.717) is 0 Å². The Morgan fingerprint density at radius 3 is 2.78 bits per heavy atom. The molecule has 90 valence electrons. The number of ether oxygens (including phenoxy) is 1. The standard InChI is InChI=1S/C14H13N3O/c1-10-16-12-7-6-11(18-2)9-13(12)17(10)14-5-3-4-8-15-14/h3-9H,1-2H3. The van der Waals surface area contributed by atoms with Crippen LogP contribution in [0.5, 0.6) is 5.75 Å². The third-order valence-corrected chi connectivity index (χ3v) is 2.91. The zero-order valence-corrected chi connectivity index (χ0v) is 10.3. The lowest BCUT2D eigenvalue weighted by Gasteiger charge is -2.06. The Balaban J connectivity index is 2.30. The molecular formula is C14H13N3O. The Labute approximate surface area is 105 Å². The summed E-state index contributed by atoms with van der Waals surface area (Å²) >= 11 is 0. The van der Waals surface area contributed by atoms with Crippen LogP contribution in [0.15, 0.2) is 42.6 Å². The fraction of sp³-hybridized carbons (Fsp3) is 0.143. The van der Waals surface area contributed by atoms with Gasteiger partial charge in [-0.1, -0.05) is 6.07 Å². The molecule has 0 bridgehead atoms. The summed E-state index contributed by atoms with van der Waals surface area (Å²) in [6.45, 7) is 1.97. The number of pyridine rings is 1. The number of imidazole rings is 1. The number of rotatable bonds is 2. The highest BCUT2D eigenvalue weighted by atomic mass is 16.5. The Morgan fingerprint density at radius 2 is 2.06 bits per heavy atom. The molecule has 0 amide bonds. The van der Waals surface area contributed by atoms with Crippen LogP contribution in [-0.4, -0.2) is 21.6 Å². The van der Waals surface area contributed by atoms with Crippen molar-refractivity contribution in [2.45, 2.75) is 6.92 Å². The third-order valence-electron chi connectivity index (χ3n) is 2.91. The Morgan fingerprint density at radius 1 is 1.17 bits per heavy atom. The highest BCUT2D eigenvalue weighted by molar-refractivity contribution is 5.79. The fourth-order valence-corrected chi connectivity index (χ4v) is 2.08. The van der Waals surface area contributed by atoms with Crippen molar-refractivity contribution in [2.24, 2.45) is 0 Å². The molecule has 0 aliphatic heterocycles. The first-order chi connectivity index (χ1) is 8.79. The lowest BCUT2D eigenvalue weighted by atomic mass is 10.3. The van der Waals surface area contributed by atoms with Crippen LogP contribution in [0.1, 0.15) is 5.82 Å². The SMILES string of the molecule is COc1ccc2nc(C)n(-c3ccccn3)c2c1. The first kappa shape index (κ1) is 10.8. The molecule has 0 spiro atoms. The van der Waals surface area contributed by atoms with Crippen molar-refractivity contribution in [3.63, 3.8) is 0 Å². The van der Waals surface area contributed by atoms with E-state index < -0.39 is 0 Å². The highest BCUT2D eigenvalue weighted by Gasteiger charge is 2.10. The van der Waals surface area contributed by atoms with Crippen molar-refractivity contribution in [1.82, 2.24) is 14.5 Å². The molecular weight excluding hydrogens is 226 g/mol. The minimum atomic E-state index is 0.819. The lowest BCUT2D eigenvalue weighted by molar-refractivity contribution is 0.415. The van der Waals surface area contributed by atoms with Crippen molar-refractivity contribution in [1.29, 1.82) is 0 Å². The zero-order valence-electron chi connectivity index (χ0n) is 10.3. The molecule has 0 aliphatic rings. The van der Waals surface area contributed by atoms with Crippen LogP contribution >= 0.6 is 0 Å².